The van der Waals surface area contributed by atoms with Crippen molar-refractivity contribution in [1.82, 2.24) is 10.2 Å². The van der Waals surface area contributed by atoms with E-state index in [1.165, 1.54) is 6.07 Å². The highest BCUT2D eigenvalue weighted by molar-refractivity contribution is 5.98. The molecule has 2 aromatic carbocycles. The van der Waals surface area contributed by atoms with Crippen LogP contribution >= 0.6 is 0 Å². The molecule has 0 bridgehead atoms. The topological polar surface area (TPSA) is 84.0 Å². The van der Waals surface area contributed by atoms with Crippen LogP contribution in [0.2, 0.25) is 0 Å². The first kappa shape index (κ1) is 28.5. The number of hydrogen-bond acceptors (Lipinski definition) is 5. The summed E-state index contributed by atoms with van der Waals surface area (Å²) in [6, 6.07) is 17.2. The second kappa shape index (κ2) is 13.0. The Morgan fingerprint density at radius 2 is 1.95 bits per heavy atom. The molecule has 2 aliphatic rings. The zero-order valence-corrected chi connectivity index (χ0v) is 23.1. The van der Waals surface area contributed by atoms with Gasteiger partial charge in [0, 0.05) is 50.9 Å². The lowest BCUT2D eigenvalue weighted by Crippen LogP contribution is -3.08. The van der Waals surface area contributed by atoms with Crippen LogP contribution in [0, 0.1) is 17.1 Å². The van der Waals surface area contributed by atoms with E-state index in [1.807, 2.05) is 43.3 Å². The number of nitrogens with zero attached hydrogens (tertiary/aromatic N) is 3. The summed E-state index contributed by atoms with van der Waals surface area (Å²) < 4.78 is 13.9. The van der Waals surface area contributed by atoms with Crippen molar-refractivity contribution in [2.24, 2.45) is 0 Å². The fourth-order valence-corrected chi connectivity index (χ4v) is 5.59. The maximum absolute atomic E-state index is 13.9. The summed E-state index contributed by atoms with van der Waals surface area (Å²) >= 11 is 0. The van der Waals surface area contributed by atoms with Gasteiger partial charge < -0.3 is 15.1 Å². The minimum Gasteiger partial charge on any atom is -0.364 e. The van der Waals surface area contributed by atoms with Crippen molar-refractivity contribution in [3.63, 3.8) is 0 Å². The quantitative estimate of drug-likeness (QED) is 0.460. The zero-order valence-electron chi connectivity index (χ0n) is 23.1. The number of piperidine rings is 1. The normalized spacial score (nSPS) is 19.3. The van der Waals surface area contributed by atoms with E-state index in [0.29, 0.717) is 48.6 Å². The lowest BCUT2D eigenvalue weighted by molar-refractivity contribution is -1.05. The van der Waals surface area contributed by atoms with Crippen LogP contribution in [0.25, 0.3) is 0 Å². The largest absolute Gasteiger partial charge is 0.364 e. The highest BCUT2D eigenvalue weighted by Gasteiger charge is 2.28. The molecule has 1 fully saturated rings. The van der Waals surface area contributed by atoms with Crippen LogP contribution in [-0.4, -0.2) is 54.3 Å². The molecular weight excluding hydrogens is 493 g/mol. The number of benzene rings is 2. The van der Waals surface area contributed by atoms with Gasteiger partial charge in [-0.1, -0.05) is 12.1 Å². The lowest BCUT2D eigenvalue weighted by Gasteiger charge is -2.42. The fourth-order valence-electron chi connectivity index (χ4n) is 5.59. The Labute approximate surface area is 230 Å². The highest BCUT2D eigenvalue weighted by atomic mass is 19.1. The van der Waals surface area contributed by atoms with E-state index in [9.17, 15) is 19.7 Å². The van der Waals surface area contributed by atoms with Crippen LogP contribution in [0.1, 0.15) is 51.2 Å². The summed E-state index contributed by atoms with van der Waals surface area (Å²) in [5.74, 6) is -0.368. The van der Waals surface area contributed by atoms with E-state index >= 15 is 0 Å². The third-order valence-electron chi connectivity index (χ3n) is 8.01. The van der Waals surface area contributed by atoms with E-state index in [4.69, 9.17) is 0 Å². The molecule has 1 amide bonds. The third-order valence-corrected chi connectivity index (χ3v) is 8.01. The van der Waals surface area contributed by atoms with Gasteiger partial charge >= 0.3 is 0 Å². The molecule has 1 saturated heterocycles. The molecule has 2 aromatic rings. The standard InChI is InChI=1S/C31H38FN5O2/c1-22-12-18-37(39)24(3)30(22)31(38)34-15-11-23(2)35-16-13-29(14-17-35)36(21-26-5-4-6-27(32)19-26)28-9-7-25(20-33)8-10-28/h4-10,12,19,23,29,39H,11,13-18,21H2,1-3H3,(H,34,38)/p+1. The van der Waals surface area contributed by atoms with Crippen molar-refractivity contribution in [3.05, 3.63) is 88.4 Å². The number of hydrogen-bond donors (Lipinski definition) is 3. The Bertz CT molecular complexity index is 1260. The molecule has 206 valence electrons. The highest BCUT2D eigenvalue weighted by Crippen LogP contribution is 2.27. The lowest BCUT2D eigenvalue weighted by atomic mass is 9.99. The van der Waals surface area contributed by atoms with Crippen LogP contribution in [0.15, 0.2) is 71.5 Å². The molecule has 0 spiro atoms. The first-order valence-corrected chi connectivity index (χ1v) is 13.7. The van der Waals surface area contributed by atoms with E-state index in [-0.39, 0.29) is 16.8 Å². The van der Waals surface area contributed by atoms with Crippen molar-refractivity contribution in [2.75, 3.05) is 31.1 Å². The number of hydroxylamine groups is 2. The number of likely N-dealkylation sites (tertiary alicyclic amines) is 1. The van der Waals surface area contributed by atoms with Gasteiger partial charge in [-0.2, -0.15) is 10.3 Å². The van der Waals surface area contributed by atoms with Crippen molar-refractivity contribution >= 4 is 11.6 Å². The van der Waals surface area contributed by atoms with Crippen molar-refractivity contribution in [2.45, 2.75) is 58.7 Å². The first-order chi connectivity index (χ1) is 18.8. The number of nitriles is 1. The second-order valence-electron chi connectivity index (χ2n) is 10.6. The molecule has 2 atom stereocenters. The molecule has 39 heavy (non-hydrogen) atoms. The van der Waals surface area contributed by atoms with Gasteiger partial charge in [0.05, 0.1) is 11.6 Å². The summed E-state index contributed by atoms with van der Waals surface area (Å²) in [5.41, 5.74) is 4.72. The Morgan fingerprint density at radius 3 is 2.62 bits per heavy atom. The van der Waals surface area contributed by atoms with Gasteiger partial charge in [-0.15, -0.1) is 0 Å². The van der Waals surface area contributed by atoms with Crippen molar-refractivity contribution < 1.29 is 19.5 Å². The maximum Gasteiger partial charge on any atom is 0.257 e. The van der Waals surface area contributed by atoms with Gasteiger partial charge in [0.25, 0.3) is 5.91 Å². The predicted octanol–water partition coefficient (Wildman–Crippen LogP) is 3.57. The van der Waals surface area contributed by atoms with Crippen LogP contribution in [0.3, 0.4) is 0 Å². The minimum absolute atomic E-state index is 0.131. The molecule has 2 unspecified atom stereocenters. The number of halogens is 1. The van der Waals surface area contributed by atoms with Crippen LogP contribution in [-0.2, 0) is 11.3 Å². The Morgan fingerprint density at radius 1 is 1.23 bits per heavy atom. The van der Waals surface area contributed by atoms with Crippen molar-refractivity contribution in [3.8, 4) is 6.07 Å². The summed E-state index contributed by atoms with van der Waals surface area (Å²) in [7, 11) is 0. The Kier molecular flexibility index (Phi) is 9.52. The number of rotatable bonds is 9. The number of amides is 1. The van der Waals surface area contributed by atoms with Gasteiger partial charge in [-0.05, 0) is 86.7 Å². The first-order valence-electron chi connectivity index (χ1n) is 13.7. The molecule has 0 saturated carbocycles. The van der Waals surface area contributed by atoms with Gasteiger partial charge in [0.1, 0.15) is 23.6 Å². The molecule has 7 nitrogen and oxygen atoms in total. The average Bonchev–Trinajstić information content (AvgIpc) is 2.94. The predicted molar refractivity (Wildman–Crippen MR) is 149 cm³/mol. The second-order valence-corrected chi connectivity index (χ2v) is 10.6. The van der Waals surface area contributed by atoms with Crippen molar-refractivity contribution in [1.29, 1.82) is 5.26 Å². The van der Waals surface area contributed by atoms with E-state index in [2.05, 4.69) is 28.1 Å². The van der Waals surface area contributed by atoms with Crippen LogP contribution < -0.4 is 15.3 Å². The molecule has 2 heterocycles. The van der Waals surface area contributed by atoms with Gasteiger partial charge in [-0.3, -0.25) is 4.79 Å². The van der Waals surface area contributed by atoms with E-state index < -0.39 is 0 Å². The molecule has 0 aromatic heterocycles. The number of anilines is 1. The summed E-state index contributed by atoms with van der Waals surface area (Å²) in [4.78, 5) is 17.6. The number of nitrogens with one attached hydrogen (secondary N) is 2. The molecule has 4 rings (SSSR count). The SMILES string of the molecule is CC1=CC[NH+](O)C(C)=C1C(=O)NCCC(C)N1CCC(N(Cc2cccc(F)c2)c2ccc(C#N)cc2)CC1. The van der Waals surface area contributed by atoms with E-state index in [0.717, 1.165) is 49.2 Å². The van der Waals surface area contributed by atoms with Gasteiger partial charge in [0.15, 0.2) is 0 Å². The fraction of sp³-hybridized carbons (Fsp3) is 0.419. The average molecular weight is 533 g/mol. The molecule has 2 aliphatic heterocycles. The monoisotopic (exact) mass is 532 g/mol. The molecule has 8 heteroatoms. The van der Waals surface area contributed by atoms with Gasteiger partial charge in [-0.25, -0.2) is 9.60 Å². The van der Waals surface area contributed by atoms with E-state index in [1.54, 1.807) is 19.1 Å². The number of carbonyl (C=O) groups is 1. The number of quaternary nitrogens is 1. The van der Waals surface area contributed by atoms with Crippen LogP contribution in [0.4, 0.5) is 10.1 Å². The minimum atomic E-state index is -0.237. The summed E-state index contributed by atoms with van der Waals surface area (Å²) in [5, 5.41) is 22.6. The molecule has 0 radical (unpaired) electrons. The Balaban J connectivity index is 1.33. The third kappa shape index (κ3) is 7.12. The van der Waals surface area contributed by atoms with Gasteiger partial charge in [0.2, 0.25) is 0 Å². The summed E-state index contributed by atoms with van der Waals surface area (Å²) in [6.07, 6.45) is 4.66. The maximum atomic E-state index is 13.9. The number of carbonyl (C=O) groups excluding carboxylic acids is 1. The molecule has 0 aliphatic carbocycles. The molecular formula is C31H39FN5O2+. The smallest absolute Gasteiger partial charge is 0.257 e. The summed E-state index contributed by atoms with van der Waals surface area (Å²) in [6.45, 7) is 9.43. The molecule has 3 N–H and O–H groups in total. The zero-order chi connectivity index (χ0) is 27.9. The number of allylic oxidation sites excluding steroid dienone is 1. The van der Waals surface area contributed by atoms with Crippen LogP contribution in [0.5, 0.6) is 0 Å². The Hall–Kier alpha value is -3.51.